The highest BCUT2D eigenvalue weighted by Crippen LogP contribution is 2.41. The molecule has 1 atom stereocenters. The molecular weight excluding hydrogens is 412 g/mol. The maximum Gasteiger partial charge on any atom is 0.211 e. The Kier molecular flexibility index (Phi) is 4.74. The van der Waals surface area contributed by atoms with E-state index >= 15 is 0 Å². The lowest BCUT2D eigenvalue weighted by molar-refractivity contribution is 0.847. The van der Waals surface area contributed by atoms with Gasteiger partial charge in [0, 0.05) is 5.56 Å². The number of fused-ring (bicyclic) bond motifs is 2. The molecule has 0 amide bonds. The SMILES string of the molecule is N#CNC1=NC(c2ccc(-c3cccc4ccccc34)cc2)c2c(nc(N)c(C#N)c2N)N1. The Labute approximate surface area is 189 Å². The van der Waals surface area contributed by atoms with E-state index in [2.05, 4.69) is 44.9 Å². The van der Waals surface area contributed by atoms with Crippen molar-refractivity contribution in [3.8, 4) is 23.4 Å². The summed E-state index contributed by atoms with van der Waals surface area (Å²) in [5.41, 5.74) is 16.1. The van der Waals surface area contributed by atoms with E-state index in [4.69, 9.17) is 16.7 Å². The van der Waals surface area contributed by atoms with Gasteiger partial charge in [-0.3, -0.25) is 5.32 Å². The van der Waals surface area contributed by atoms with E-state index in [1.807, 2.05) is 54.7 Å². The second-order valence-electron chi connectivity index (χ2n) is 7.55. The van der Waals surface area contributed by atoms with Crippen LogP contribution in [-0.4, -0.2) is 10.9 Å². The number of aliphatic imine (C=N–C) groups is 1. The molecule has 0 fully saturated rings. The zero-order valence-electron chi connectivity index (χ0n) is 17.4. The second-order valence-corrected chi connectivity index (χ2v) is 7.55. The van der Waals surface area contributed by atoms with Crippen molar-refractivity contribution in [2.75, 3.05) is 16.8 Å². The van der Waals surface area contributed by atoms with Crippen LogP contribution in [0.1, 0.15) is 22.7 Å². The van der Waals surface area contributed by atoms with Gasteiger partial charge in [0.05, 0.1) is 5.69 Å². The first-order valence-corrected chi connectivity index (χ1v) is 10.2. The molecule has 158 valence electrons. The normalized spacial score (nSPS) is 14.4. The van der Waals surface area contributed by atoms with Crippen LogP contribution < -0.4 is 22.1 Å². The lowest BCUT2D eigenvalue weighted by atomic mass is 9.92. The smallest absolute Gasteiger partial charge is 0.211 e. The van der Waals surface area contributed by atoms with Crippen molar-refractivity contribution in [2.24, 2.45) is 4.99 Å². The Hall–Kier alpha value is -5.08. The lowest BCUT2D eigenvalue weighted by Crippen LogP contribution is -2.32. The van der Waals surface area contributed by atoms with Gasteiger partial charge in [0.25, 0.3) is 0 Å². The molecule has 1 aliphatic heterocycles. The lowest BCUT2D eigenvalue weighted by Gasteiger charge is -2.26. The number of nitrogens with zero attached hydrogens (tertiary/aromatic N) is 4. The zero-order chi connectivity index (χ0) is 22.9. The van der Waals surface area contributed by atoms with Crippen molar-refractivity contribution >= 4 is 34.1 Å². The fraction of sp³-hybridized carbons (Fsp3) is 0.0400. The number of anilines is 3. The van der Waals surface area contributed by atoms with Crippen LogP contribution in [0.2, 0.25) is 0 Å². The van der Waals surface area contributed by atoms with Crippen LogP contribution in [0.4, 0.5) is 17.3 Å². The fourth-order valence-electron chi connectivity index (χ4n) is 4.14. The molecule has 5 rings (SSSR count). The van der Waals surface area contributed by atoms with E-state index in [9.17, 15) is 5.26 Å². The largest absolute Gasteiger partial charge is 0.397 e. The highest BCUT2D eigenvalue weighted by Gasteiger charge is 2.29. The average Bonchev–Trinajstić information content (AvgIpc) is 2.83. The summed E-state index contributed by atoms with van der Waals surface area (Å²) in [6, 6.07) is 23.9. The zero-order valence-corrected chi connectivity index (χ0v) is 17.4. The van der Waals surface area contributed by atoms with Gasteiger partial charge in [-0.05, 0) is 27.5 Å². The molecule has 3 aromatic carbocycles. The number of pyridine rings is 1. The number of hydrogen-bond donors (Lipinski definition) is 4. The number of benzene rings is 3. The molecule has 33 heavy (non-hydrogen) atoms. The summed E-state index contributed by atoms with van der Waals surface area (Å²) in [6.07, 6.45) is 1.85. The van der Waals surface area contributed by atoms with Crippen LogP contribution in [-0.2, 0) is 0 Å². The number of nitrogens with two attached hydrogens (primary N) is 2. The highest BCUT2D eigenvalue weighted by atomic mass is 15.2. The van der Waals surface area contributed by atoms with Crippen LogP contribution in [0.15, 0.2) is 71.7 Å². The van der Waals surface area contributed by atoms with Crippen LogP contribution in [0.3, 0.4) is 0 Å². The molecule has 0 saturated heterocycles. The van der Waals surface area contributed by atoms with Crippen LogP contribution in [0.25, 0.3) is 21.9 Å². The summed E-state index contributed by atoms with van der Waals surface area (Å²) < 4.78 is 0. The molecule has 0 saturated carbocycles. The number of hydrogen-bond acceptors (Lipinski definition) is 8. The van der Waals surface area contributed by atoms with Gasteiger partial charge >= 0.3 is 0 Å². The summed E-state index contributed by atoms with van der Waals surface area (Å²) in [5.74, 6) is 0.605. The average molecular weight is 430 g/mol. The van der Waals surface area contributed by atoms with Crippen molar-refractivity contribution in [1.29, 1.82) is 10.5 Å². The first kappa shape index (κ1) is 19.9. The van der Waals surface area contributed by atoms with Gasteiger partial charge in [-0.2, -0.15) is 10.5 Å². The maximum absolute atomic E-state index is 9.48. The molecule has 8 nitrogen and oxygen atoms in total. The number of nitrogens with one attached hydrogen (secondary N) is 2. The van der Waals surface area contributed by atoms with Gasteiger partial charge in [-0.15, -0.1) is 0 Å². The summed E-state index contributed by atoms with van der Waals surface area (Å²) in [5, 5.41) is 26.3. The minimum Gasteiger partial charge on any atom is -0.397 e. The Morgan fingerprint density at radius 2 is 1.70 bits per heavy atom. The number of rotatable bonds is 2. The molecule has 0 spiro atoms. The first-order valence-electron chi connectivity index (χ1n) is 10.2. The monoisotopic (exact) mass is 430 g/mol. The van der Waals surface area contributed by atoms with Gasteiger partial charge in [-0.1, -0.05) is 66.7 Å². The van der Waals surface area contributed by atoms with Crippen molar-refractivity contribution < 1.29 is 0 Å². The van der Waals surface area contributed by atoms with Crippen LogP contribution >= 0.6 is 0 Å². The third-order valence-electron chi connectivity index (χ3n) is 5.68. The minimum atomic E-state index is -0.570. The molecular formula is C25H18N8. The molecule has 1 aromatic heterocycles. The van der Waals surface area contributed by atoms with E-state index in [1.54, 1.807) is 0 Å². The fourth-order valence-corrected chi connectivity index (χ4v) is 4.14. The summed E-state index contributed by atoms with van der Waals surface area (Å²) in [7, 11) is 0. The number of guanidine groups is 1. The maximum atomic E-state index is 9.48. The quantitative estimate of drug-likeness (QED) is 0.278. The molecule has 8 heteroatoms. The molecule has 0 radical (unpaired) electrons. The van der Waals surface area contributed by atoms with Crippen molar-refractivity contribution in [2.45, 2.75) is 6.04 Å². The highest BCUT2D eigenvalue weighted by molar-refractivity contribution is 5.99. The Morgan fingerprint density at radius 1 is 0.939 bits per heavy atom. The third kappa shape index (κ3) is 3.32. The topological polar surface area (TPSA) is 149 Å². The van der Waals surface area contributed by atoms with E-state index in [-0.39, 0.29) is 23.0 Å². The molecule has 0 aliphatic carbocycles. The van der Waals surface area contributed by atoms with Gasteiger partial charge < -0.3 is 16.8 Å². The van der Waals surface area contributed by atoms with E-state index in [0.29, 0.717) is 11.4 Å². The van der Waals surface area contributed by atoms with Gasteiger partial charge in [0.15, 0.2) is 6.19 Å². The standard InChI is InChI=1S/C25H18N8/c26-12-19-21(28)20-22(31-25(30-13-27)33-24(20)32-23(19)29)16-10-8-15(9-11-16)18-7-3-5-14-4-1-2-6-17(14)18/h1-11,22H,(H6,28,29,30,31,32,33). The molecule has 4 aromatic rings. The Morgan fingerprint density at radius 3 is 2.45 bits per heavy atom. The summed E-state index contributed by atoms with van der Waals surface area (Å²) in [4.78, 5) is 8.89. The van der Waals surface area contributed by atoms with Crippen molar-refractivity contribution in [1.82, 2.24) is 10.3 Å². The third-order valence-corrected chi connectivity index (χ3v) is 5.68. The molecule has 0 bridgehead atoms. The van der Waals surface area contributed by atoms with E-state index < -0.39 is 6.04 Å². The Balaban J connectivity index is 1.62. The second kappa shape index (κ2) is 7.88. The van der Waals surface area contributed by atoms with Crippen LogP contribution in [0.5, 0.6) is 0 Å². The number of aromatic nitrogens is 1. The van der Waals surface area contributed by atoms with E-state index in [1.165, 1.54) is 10.8 Å². The molecule has 1 unspecified atom stereocenters. The Bertz CT molecular complexity index is 1500. The molecule has 1 aliphatic rings. The van der Waals surface area contributed by atoms with E-state index in [0.717, 1.165) is 16.7 Å². The van der Waals surface area contributed by atoms with Crippen LogP contribution in [0, 0.1) is 22.8 Å². The first-order chi connectivity index (χ1) is 16.1. The summed E-state index contributed by atoms with van der Waals surface area (Å²) in [6.45, 7) is 0. The predicted molar refractivity (Wildman–Crippen MR) is 129 cm³/mol. The summed E-state index contributed by atoms with van der Waals surface area (Å²) >= 11 is 0. The van der Waals surface area contributed by atoms with Crippen molar-refractivity contribution in [3.63, 3.8) is 0 Å². The predicted octanol–water partition coefficient (Wildman–Crippen LogP) is 3.88. The van der Waals surface area contributed by atoms with Gasteiger partial charge in [0.2, 0.25) is 5.96 Å². The number of nitriles is 2. The van der Waals surface area contributed by atoms with Crippen molar-refractivity contribution in [3.05, 3.63) is 83.4 Å². The molecule has 2 heterocycles. The molecule has 6 N–H and O–H groups in total. The van der Waals surface area contributed by atoms with Gasteiger partial charge in [0.1, 0.15) is 29.3 Å². The van der Waals surface area contributed by atoms with Gasteiger partial charge in [-0.25, -0.2) is 9.98 Å². The number of nitrogen functional groups attached to an aromatic ring is 2. The minimum absolute atomic E-state index is 0.0181.